The van der Waals surface area contributed by atoms with Crippen LogP contribution in [0.1, 0.15) is 47.7 Å². The first-order chi connectivity index (χ1) is 16.9. The minimum atomic E-state index is -0.124. The summed E-state index contributed by atoms with van der Waals surface area (Å²) < 4.78 is 6.98. The third-order valence-corrected chi connectivity index (χ3v) is 4.65. The summed E-state index contributed by atoms with van der Waals surface area (Å²) in [6.45, 7) is 11.1. The summed E-state index contributed by atoms with van der Waals surface area (Å²) in [5.74, 6) is -0.124. The Labute approximate surface area is 208 Å². The molecule has 0 bridgehead atoms. The third kappa shape index (κ3) is 10.4. The standard InChI is InChI=1S/C18H20N4O2.C6H10.C3H7NO/c1-13-5-4-6-17-20-16(11-22(13)17)18(23)21(2)10-15-8-7-14(9-19-15)12-24-3;1-3-5-6-4-2;1-2-4-3-5/h4-9,11H,10,12H2,1-3H3;3,5-6H,1,4H2,2H3;3H,2H2,1H3,(H,4,5)/b;6-5-;. The first-order valence-electron chi connectivity index (χ1n) is 11.5. The first kappa shape index (κ1) is 29.3. The summed E-state index contributed by atoms with van der Waals surface area (Å²) >= 11 is 0. The normalized spacial score (nSPS) is 10.1. The number of imidazole rings is 1. The maximum absolute atomic E-state index is 12.6. The highest BCUT2D eigenvalue weighted by Crippen LogP contribution is 2.11. The number of aromatic nitrogens is 3. The fourth-order valence-electron chi connectivity index (χ4n) is 2.88. The van der Waals surface area contributed by atoms with E-state index in [0.29, 0.717) is 25.3 Å². The zero-order valence-electron chi connectivity index (χ0n) is 21.4. The van der Waals surface area contributed by atoms with E-state index in [1.54, 1.807) is 37.5 Å². The summed E-state index contributed by atoms with van der Waals surface area (Å²) in [4.78, 5) is 32.3. The van der Waals surface area contributed by atoms with Crippen LogP contribution < -0.4 is 5.32 Å². The van der Waals surface area contributed by atoms with Crippen LogP contribution in [0.2, 0.25) is 0 Å². The Morgan fingerprint density at radius 3 is 2.51 bits per heavy atom. The highest BCUT2D eigenvalue weighted by Gasteiger charge is 2.16. The van der Waals surface area contributed by atoms with Crippen molar-refractivity contribution >= 4 is 18.0 Å². The molecule has 0 unspecified atom stereocenters. The van der Waals surface area contributed by atoms with Crippen molar-refractivity contribution in [2.45, 2.75) is 40.3 Å². The highest BCUT2D eigenvalue weighted by molar-refractivity contribution is 5.92. The number of aryl methyl sites for hydroxylation is 1. The van der Waals surface area contributed by atoms with Crippen LogP contribution in [0.25, 0.3) is 5.65 Å². The number of nitrogens with one attached hydrogen (secondary N) is 1. The van der Waals surface area contributed by atoms with E-state index in [2.05, 4.69) is 34.9 Å². The number of hydrogen-bond acceptors (Lipinski definition) is 5. The van der Waals surface area contributed by atoms with Gasteiger partial charge < -0.3 is 19.4 Å². The fourth-order valence-corrected chi connectivity index (χ4v) is 2.88. The lowest BCUT2D eigenvalue weighted by molar-refractivity contribution is -0.109. The average Bonchev–Trinajstić information content (AvgIpc) is 3.31. The molecule has 0 saturated heterocycles. The maximum Gasteiger partial charge on any atom is 0.274 e. The predicted octanol–water partition coefficient (Wildman–Crippen LogP) is 4.35. The second-order valence-electron chi connectivity index (χ2n) is 7.52. The molecule has 0 atom stereocenters. The number of fused-ring (bicyclic) bond motifs is 1. The molecule has 3 aromatic heterocycles. The lowest BCUT2D eigenvalue weighted by Crippen LogP contribution is -2.26. The Kier molecular flexibility index (Phi) is 14.0. The van der Waals surface area contributed by atoms with Gasteiger partial charge in [0.05, 0.1) is 18.8 Å². The van der Waals surface area contributed by atoms with Crippen molar-refractivity contribution in [3.05, 3.63) is 90.2 Å². The molecule has 0 radical (unpaired) electrons. The summed E-state index contributed by atoms with van der Waals surface area (Å²) in [5.41, 5.74) is 4.07. The first-order valence-corrected chi connectivity index (χ1v) is 11.5. The molecule has 35 heavy (non-hydrogen) atoms. The summed E-state index contributed by atoms with van der Waals surface area (Å²) in [6, 6.07) is 9.67. The van der Waals surface area contributed by atoms with E-state index in [1.165, 1.54) is 0 Å². The van der Waals surface area contributed by atoms with E-state index in [9.17, 15) is 9.59 Å². The van der Waals surface area contributed by atoms with E-state index >= 15 is 0 Å². The van der Waals surface area contributed by atoms with Crippen LogP contribution in [-0.4, -0.2) is 52.3 Å². The number of carbonyl (C=O) groups is 2. The zero-order chi connectivity index (χ0) is 26.1. The number of pyridine rings is 2. The predicted molar refractivity (Wildman–Crippen MR) is 140 cm³/mol. The van der Waals surface area contributed by atoms with Crippen molar-refractivity contribution in [1.82, 2.24) is 24.6 Å². The molecule has 8 heteroatoms. The molecule has 188 valence electrons. The van der Waals surface area contributed by atoms with Crippen molar-refractivity contribution in [3.63, 3.8) is 0 Å². The maximum atomic E-state index is 12.6. The van der Waals surface area contributed by atoms with Crippen molar-refractivity contribution < 1.29 is 14.3 Å². The number of methoxy groups -OCH3 is 1. The zero-order valence-corrected chi connectivity index (χ0v) is 21.4. The molecule has 0 aliphatic carbocycles. The largest absolute Gasteiger partial charge is 0.380 e. The Balaban J connectivity index is 0.000000467. The van der Waals surface area contributed by atoms with E-state index in [4.69, 9.17) is 4.74 Å². The molecular formula is C27H37N5O3. The number of ether oxygens (including phenoxy) is 1. The minimum absolute atomic E-state index is 0.124. The Hall–Kier alpha value is -3.78. The van der Waals surface area contributed by atoms with E-state index in [-0.39, 0.29) is 5.91 Å². The van der Waals surface area contributed by atoms with Crippen molar-refractivity contribution in [1.29, 1.82) is 0 Å². The van der Waals surface area contributed by atoms with Gasteiger partial charge in [0.15, 0.2) is 0 Å². The second-order valence-corrected chi connectivity index (χ2v) is 7.52. The number of amides is 2. The molecule has 0 aliphatic rings. The van der Waals surface area contributed by atoms with Crippen molar-refractivity contribution in [2.75, 3.05) is 20.7 Å². The van der Waals surface area contributed by atoms with Crippen LogP contribution in [0.4, 0.5) is 0 Å². The smallest absolute Gasteiger partial charge is 0.274 e. The summed E-state index contributed by atoms with van der Waals surface area (Å²) in [7, 11) is 3.40. The molecule has 0 aliphatic heterocycles. The molecule has 0 aromatic carbocycles. The van der Waals surface area contributed by atoms with E-state index in [0.717, 1.165) is 35.6 Å². The van der Waals surface area contributed by atoms with Crippen molar-refractivity contribution in [3.8, 4) is 0 Å². The molecule has 0 spiro atoms. The van der Waals surface area contributed by atoms with Gasteiger partial charge in [-0.1, -0.05) is 43.9 Å². The van der Waals surface area contributed by atoms with Crippen LogP contribution in [0.3, 0.4) is 0 Å². The van der Waals surface area contributed by atoms with Gasteiger partial charge in [-0.3, -0.25) is 14.6 Å². The van der Waals surface area contributed by atoms with Gasteiger partial charge in [-0.2, -0.15) is 0 Å². The SMILES string of the molecule is C=C/C=C\CC.CCNC=O.COCc1ccc(CN(C)C(=O)c2cn3c(C)cccc3n2)nc1. The van der Waals surface area contributed by atoms with E-state index < -0.39 is 0 Å². The van der Waals surface area contributed by atoms with Gasteiger partial charge in [-0.05, 0) is 44.0 Å². The number of hydrogen-bond donors (Lipinski definition) is 1. The Bertz CT molecular complexity index is 1070. The van der Waals surface area contributed by atoms with Gasteiger partial charge in [-0.25, -0.2) is 4.98 Å². The average molecular weight is 480 g/mol. The van der Waals surface area contributed by atoms with Crippen LogP contribution in [0.15, 0.2) is 67.5 Å². The van der Waals surface area contributed by atoms with Crippen LogP contribution >= 0.6 is 0 Å². The number of rotatable bonds is 9. The van der Waals surface area contributed by atoms with Crippen LogP contribution in [0.5, 0.6) is 0 Å². The monoisotopic (exact) mass is 479 g/mol. The van der Waals surface area contributed by atoms with Gasteiger partial charge in [0.2, 0.25) is 6.41 Å². The molecule has 1 N–H and O–H groups in total. The summed E-state index contributed by atoms with van der Waals surface area (Å²) in [5, 5.41) is 2.43. The highest BCUT2D eigenvalue weighted by atomic mass is 16.5. The van der Waals surface area contributed by atoms with Gasteiger partial charge in [0, 0.05) is 38.8 Å². The number of carbonyl (C=O) groups excluding carboxylic acids is 2. The van der Waals surface area contributed by atoms with Gasteiger partial charge in [-0.15, -0.1) is 0 Å². The molecule has 2 amide bonds. The Morgan fingerprint density at radius 2 is 2.03 bits per heavy atom. The minimum Gasteiger partial charge on any atom is -0.380 e. The van der Waals surface area contributed by atoms with E-state index in [1.807, 2.05) is 54.7 Å². The molecule has 8 nitrogen and oxygen atoms in total. The van der Waals surface area contributed by atoms with Crippen LogP contribution in [0, 0.1) is 6.92 Å². The molecule has 0 fully saturated rings. The topological polar surface area (TPSA) is 88.8 Å². The molecular weight excluding hydrogens is 442 g/mol. The third-order valence-electron chi connectivity index (χ3n) is 4.65. The van der Waals surface area contributed by atoms with Crippen molar-refractivity contribution in [2.24, 2.45) is 0 Å². The quantitative estimate of drug-likeness (QED) is 0.364. The molecule has 0 saturated carbocycles. The lowest BCUT2D eigenvalue weighted by atomic mass is 10.2. The van der Waals surface area contributed by atoms with Gasteiger partial charge in [0.25, 0.3) is 5.91 Å². The van der Waals surface area contributed by atoms with Gasteiger partial charge >= 0.3 is 0 Å². The summed E-state index contributed by atoms with van der Waals surface area (Å²) in [6.07, 6.45) is 11.1. The lowest BCUT2D eigenvalue weighted by Gasteiger charge is -2.15. The molecule has 3 aromatic rings. The molecule has 3 heterocycles. The Morgan fingerprint density at radius 1 is 1.26 bits per heavy atom. The van der Waals surface area contributed by atoms with Crippen LogP contribution in [-0.2, 0) is 22.7 Å². The molecule has 3 rings (SSSR count). The fraction of sp³-hybridized carbons (Fsp3) is 0.333. The number of nitrogens with zero attached hydrogens (tertiary/aromatic N) is 4. The number of allylic oxidation sites excluding steroid dienone is 3. The second kappa shape index (κ2) is 16.8. The van der Waals surface area contributed by atoms with Gasteiger partial charge in [0.1, 0.15) is 11.3 Å².